The minimum Gasteiger partial charge on any atom is -0.505 e. The van der Waals surface area contributed by atoms with Crippen molar-refractivity contribution >= 4 is 23.0 Å². The summed E-state index contributed by atoms with van der Waals surface area (Å²) in [6, 6.07) is 16.4. The van der Waals surface area contributed by atoms with Gasteiger partial charge in [-0.05, 0) is 24.3 Å². The zero-order chi connectivity index (χ0) is 17.8. The van der Waals surface area contributed by atoms with Crippen molar-refractivity contribution in [3.63, 3.8) is 0 Å². The Morgan fingerprint density at radius 1 is 1.16 bits per heavy atom. The van der Waals surface area contributed by atoms with Crippen molar-refractivity contribution in [2.24, 2.45) is 4.99 Å². The molecule has 1 heterocycles. The summed E-state index contributed by atoms with van der Waals surface area (Å²) < 4.78 is 13.3. The monoisotopic (exact) mass is 351 g/mol. The molecule has 2 aromatic carbocycles. The molecule has 4 nitrogen and oxygen atoms in total. The van der Waals surface area contributed by atoms with Crippen LogP contribution in [0.3, 0.4) is 0 Å². The third-order valence-corrected chi connectivity index (χ3v) is 3.77. The summed E-state index contributed by atoms with van der Waals surface area (Å²) >= 11 is 5.74. The van der Waals surface area contributed by atoms with Gasteiger partial charge in [-0.15, -0.1) is 0 Å². The minimum atomic E-state index is -0.572. The number of aliphatic imine (C=N–C) groups is 1. The van der Waals surface area contributed by atoms with Crippen LogP contribution in [0.25, 0.3) is 11.3 Å². The molecule has 3 aromatic rings. The van der Waals surface area contributed by atoms with Crippen molar-refractivity contribution in [1.82, 2.24) is 4.98 Å². The first-order valence-electron chi connectivity index (χ1n) is 7.27. The maximum absolute atomic E-state index is 13.3. The van der Waals surface area contributed by atoms with Crippen molar-refractivity contribution in [2.75, 3.05) is 0 Å². The van der Waals surface area contributed by atoms with Gasteiger partial charge >= 0.3 is 0 Å². The number of hydrogen-bond donors (Lipinski definition) is 1. The smallest absolute Gasteiger partial charge is 0.152 e. The van der Waals surface area contributed by atoms with Crippen LogP contribution in [-0.4, -0.2) is 15.8 Å². The van der Waals surface area contributed by atoms with E-state index in [0.29, 0.717) is 16.9 Å². The van der Waals surface area contributed by atoms with Gasteiger partial charge in [-0.1, -0.05) is 41.9 Å². The number of hydrogen-bond acceptors (Lipinski definition) is 4. The van der Waals surface area contributed by atoms with Crippen molar-refractivity contribution in [2.45, 2.75) is 0 Å². The summed E-state index contributed by atoms with van der Waals surface area (Å²) in [5.41, 5.74) is 1.57. The Kier molecular flexibility index (Phi) is 4.73. The van der Waals surface area contributed by atoms with Crippen LogP contribution in [0.2, 0.25) is 5.02 Å². The van der Waals surface area contributed by atoms with E-state index in [-0.39, 0.29) is 22.0 Å². The molecule has 0 radical (unpaired) electrons. The molecule has 6 heteroatoms. The molecule has 0 aliphatic heterocycles. The third kappa shape index (κ3) is 3.49. The summed E-state index contributed by atoms with van der Waals surface area (Å²) in [4.78, 5) is 8.34. The predicted molar refractivity (Wildman–Crippen MR) is 94.6 cm³/mol. The average molecular weight is 352 g/mol. The highest BCUT2D eigenvalue weighted by Gasteiger charge is 2.15. The zero-order valence-electron chi connectivity index (χ0n) is 12.8. The van der Waals surface area contributed by atoms with Crippen LogP contribution in [0.15, 0.2) is 65.8 Å². The fraction of sp³-hybridized carbons (Fsp3) is 0. The van der Waals surface area contributed by atoms with Crippen LogP contribution in [0.1, 0.15) is 5.56 Å². The van der Waals surface area contributed by atoms with Gasteiger partial charge in [0.2, 0.25) is 0 Å². The molecule has 0 atom stereocenters. The second kappa shape index (κ2) is 7.12. The van der Waals surface area contributed by atoms with Crippen LogP contribution in [0.5, 0.6) is 5.75 Å². The van der Waals surface area contributed by atoms with E-state index in [1.165, 1.54) is 24.4 Å². The van der Waals surface area contributed by atoms with E-state index >= 15 is 0 Å². The Labute approximate surface area is 148 Å². The van der Waals surface area contributed by atoms with E-state index in [2.05, 4.69) is 9.98 Å². The molecule has 3 rings (SSSR count). The molecular weight excluding hydrogens is 341 g/mol. The van der Waals surface area contributed by atoms with Crippen molar-refractivity contribution in [3.8, 4) is 23.1 Å². The topological polar surface area (TPSA) is 69.3 Å². The van der Waals surface area contributed by atoms with Gasteiger partial charge in [0.25, 0.3) is 0 Å². The standard InChI is InChI=1S/C19H11ClFN3O/c20-15-10-13(6-7-16(15)21)24-17(11-22)14-8-9-23-18(19(14)25)12-4-2-1-3-5-12/h1-10,25H. The molecule has 0 spiro atoms. The molecule has 0 saturated carbocycles. The maximum Gasteiger partial charge on any atom is 0.152 e. The van der Waals surface area contributed by atoms with Crippen LogP contribution < -0.4 is 0 Å². The van der Waals surface area contributed by atoms with Gasteiger partial charge in [0, 0.05) is 11.8 Å². The fourth-order valence-electron chi connectivity index (χ4n) is 2.28. The van der Waals surface area contributed by atoms with Gasteiger partial charge < -0.3 is 5.11 Å². The first-order chi connectivity index (χ1) is 12.1. The highest BCUT2D eigenvalue weighted by molar-refractivity contribution is 6.31. The lowest BCUT2D eigenvalue weighted by atomic mass is 10.0. The van der Waals surface area contributed by atoms with Gasteiger partial charge in [-0.3, -0.25) is 4.98 Å². The third-order valence-electron chi connectivity index (χ3n) is 3.48. The lowest BCUT2D eigenvalue weighted by Crippen LogP contribution is -2.00. The van der Waals surface area contributed by atoms with E-state index in [4.69, 9.17) is 11.6 Å². The maximum atomic E-state index is 13.3. The summed E-state index contributed by atoms with van der Waals surface area (Å²) in [6.07, 6.45) is 1.49. The van der Waals surface area contributed by atoms with Crippen molar-refractivity contribution in [3.05, 3.63) is 77.2 Å². The Balaban J connectivity index is 2.09. The van der Waals surface area contributed by atoms with Gasteiger partial charge in [0.05, 0.1) is 16.3 Å². The molecule has 0 saturated heterocycles. The van der Waals surface area contributed by atoms with E-state index in [1.54, 1.807) is 12.1 Å². The number of nitrogens with zero attached hydrogens (tertiary/aromatic N) is 3. The largest absolute Gasteiger partial charge is 0.505 e. The number of aromatic hydroxyl groups is 1. The molecule has 0 amide bonds. The Bertz CT molecular complexity index is 997. The Morgan fingerprint density at radius 2 is 1.92 bits per heavy atom. The van der Waals surface area contributed by atoms with Gasteiger partial charge in [-0.25, -0.2) is 9.38 Å². The number of halogens is 2. The second-order valence-corrected chi connectivity index (χ2v) is 5.50. The molecule has 25 heavy (non-hydrogen) atoms. The quantitative estimate of drug-likeness (QED) is 0.683. The predicted octanol–water partition coefficient (Wildman–Crippen LogP) is 4.89. The highest BCUT2D eigenvalue weighted by atomic mass is 35.5. The molecular formula is C19H11ClFN3O. The lowest BCUT2D eigenvalue weighted by Gasteiger charge is -2.08. The van der Waals surface area contributed by atoms with E-state index < -0.39 is 5.82 Å². The molecule has 0 aliphatic rings. The Morgan fingerprint density at radius 3 is 2.60 bits per heavy atom. The number of pyridine rings is 1. The molecule has 1 N–H and O–H groups in total. The Hall–Kier alpha value is -3.23. The van der Waals surface area contributed by atoms with Crippen LogP contribution >= 0.6 is 11.6 Å². The summed E-state index contributed by atoms with van der Waals surface area (Å²) in [6.45, 7) is 0. The van der Waals surface area contributed by atoms with E-state index in [9.17, 15) is 14.8 Å². The lowest BCUT2D eigenvalue weighted by molar-refractivity contribution is 0.474. The van der Waals surface area contributed by atoms with Crippen molar-refractivity contribution in [1.29, 1.82) is 5.26 Å². The van der Waals surface area contributed by atoms with E-state index in [0.717, 1.165) is 6.07 Å². The van der Waals surface area contributed by atoms with Gasteiger partial charge in [0.15, 0.2) is 11.5 Å². The zero-order valence-corrected chi connectivity index (χ0v) is 13.6. The highest BCUT2D eigenvalue weighted by Crippen LogP contribution is 2.31. The number of aromatic nitrogens is 1. The molecule has 0 fully saturated rings. The first kappa shape index (κ1) is 16.6. The fourth-order valence-corrected chi connectivity index (χ4v) is 2.46. The number of rotatable bonds is 3. The molecule has 122 valence electrons. The number of nitriles is 1. The normalized spacial score (nSPS) is 11.2. The molecule has 0 unspecified atom stereocenters. The number of benzene rings is 2. The average Bonchev–Trinajstić information content (AvgIpc) is 2.64. The molecule has 1 aromatic heterocycles. The van der Waals surface area contributed by atoms with Crippen molar-refractivity contribution < 1.29 is 9.50 Å². The summed E-state index contributed by atoms with van der Waals surface area (Å²) in [5.74, 6) is -0.723. The second-order valence-electron chi connectivity index (χ2n) is 5.09. The van der Waals surface area contributed by atoms with Gasteiger partial charge in [-0.2, -0.15) is 5.26 Å². The SMILES string of the molecule is N#CC(=Nc1ccc(F)c(Cl)c1)c1ccnc(-c2ccccc2)c1O. The summed E-state index contributed by atoms with van der Waals surface area (Å²) in [7, 11) is 0. The minimum absolute atomic E-state index is 0.0280. The summed E-state index contributed by atoms with van der Waals surface area (Å²) in [5, 5.41) is 19.9. The molecule has 0 bridgehead atoms. The molecule has 0 aliphatic carbocycles. The van der Waals surface area contributed by atoms with Crippen LogP contribution in [-0.2, 0) is 0 Å². The van der Waals surface area contributed by atoms with E-state index in [1.807, 2.05) is 24.3 Å². The van der Waals surface area contributed by atoms with Crippen LogP contribution in [0, 0.1) is 17.1 Å². The first-order valence-corrected chi connectivity index (χ1v) is 7.65. The van der Waals surface area contributed by atoms with Gasteiger partial charge in [0.1, 0.15) is 17.6 Å². The van der Waals surface area contributed by atoms with Crippen LogP contribution in [0.4, 0.5) is 10.1 Å².